The molecule has 2 aromatic carbocycles. The van der Waals surface area contributed by atoms with Gasteiger partial charge in [0.2, 0.25) is 0 Å². The van der Waals surface area contributed by atoms with Crippen LogP contribution in [0.2, 0.25) is 0 Å². The minimum Gasteiger partial charge on any atom is -0.378 e. The van der Waals surface area contributed by atoms with E-state index in [1.807, 2.05) is 43.3 Å². The second-order valence-electron chi connectivity index (χ2n) is 5.82. The zero-order valence-corrected chi connectivity index (χ0v) is 14.4. The molecule has 0 radical (unpaired) electrons. The van der Waals surface area contributed by atoms with Crippen LogP contribution in [-0.4, -0.2) is 30.0 Å². The maximum atomic E-state index is 13.2. The summed E-state index contributed by atoms with van der Waals surface area (Å²) < 4.78 is 13.2. The third kappa shape index (κ3) is 4.32. The molecule has 2 N–H and O–H groups in total. The van der Waals surface area contributed by atoms with Gasteiger partial charge in [-0.2, -0.15) is 0 Å². The Kier molecular flexibility index (Phi) is 5.07. The highest BCUT2D eigenvalue weighted by molar-refractivity contribution is 6.02. The zero-order valence-electron chi connectivity index (χ0n) is 14.4. The first-order chi connectivity index (χ1) is 12.5. The van der Waals surface area contributed by atoms with Crippen molar-refractivity contribution in [2.24, 2.45) is 0 Å². The molecule has 0 atom stereocenters. The molecule has 1 amide bonds. The highest BCUT2D eigenvalue weighted by Gasteiger charge is 2.09. The summed E-state index contributed by atoms with van der Waals surface area (Å²) in [4.78, 5) is 22.4. The molecule has 132 valence electrons. The van der Waals surface area contributed by atoms with Crippen molar-refractivity contribution in [3.63, 3.8) is 0 Å². The minimum atomic E-state index is -0.454. The lowest BCUT2D eigenvalue weighted by Crippen LogP contribution is -2.14. The van der Waals surface area contributed by atoms with E-state index in [1.54, 1.807) is 6.07 Å². The number of rotatable bonds is 5. The van der Waals surface area contributed by atoms with Gasteiger partial charge in [0.15, 0.2) is 0 Å². The van der Waals surface area contributed by atoms with Crippen molar-refractivity contribution in [1.82, 2.24) is 9.97 Å². The molecule has 0 fully saturated rings. The second-order valence-corrected chi connectivity index (χ2v) is 5.82. The van der Waals surface area contributed by atoms with Crippen molar-refractivity contribution < 1.29 is 9.18 Å². The van der Waals surface area contributed by atoms with Gasteiger partial charge < -0.3 is 15.5 Å². The highest BCUT2D eigenvalue weighted by Crippen LogP contribution is 2.18. The third-order valence-corrected chi connectivity index (χ3v) is 3.62. The number of anilines is 4. The van der Waals surface area contributed by atoms with Crippen LogP contribution < -0.4 is 15.5 Å². The number of nitrogens with one attached hydrogen (secondary N) is 2. The van der Waals surface area contributed by atoms with E-state index in [4.69, 9.17) is 0 Å². The number of benzene rings is 2. The predicted molar refractivity (Wildman–Crippen MR) is 100 cm³/mol. The van der Waals surface area contributed by atoms with Crippen molar-refractivity contribution in [2.75, 3.05) is 29.6 Å². The SMILES string of the molecule is CN(C)c1ccc(Nc2cnc(C(=O)Nc3cccc(F)c3)cn2)cc1. The first-order valence-electron chi connectivity index (χ1n) is 7.94. The van der Waals surface area contributed by atoms with E-state index in [0.717, 1.165) is 11.4 Å². The Morgan fingerprint density at radius 2 is 1.77 bits per heavy atom. The van der Waals surface area contributed by atoms with E-state index in [9.17, 15) is 9.18 Å². The van der Waals surface area contributed by atoms with E-state index in [2.05, 4.69) is 20.6 Å². The van der Waals surface area contributed by atoms with Gasteiger partial charge in [-0.3, -0.25) is 4.79 Å². The fourth-order valence-electron chi connectivity index (χ4n) is 2.26. The maximum Gasteiger partial charge on any atom is 0.275 e. The van der Waals surface area contributed by atoms with Crippen LogP contribution in [0.5, 0.6) is 0 Å². The number of amides is 1. The summed E-state index contributed by atoms with van der Waals surface area (Å²) in [5.41, 5.74) is 2.45. The van der Waals surface area contributed by atoms with Crippen molar-refractivity contribution in [3.05, 3.63) is 72.4 Å². The Labute approximate surface area is 150 Å². The lowest BCUT2D eigenvalue weighted by Gasteiger charge is -2.13. The third-order valence-electron chi connectivity index (χ3n) is 3.62. The highest BCUT2D eigenvalue weighted by atomic mass is 19.1. The van der Waals surface area contributed by atoms with E-state index in [0.29, 0.717) is 11.5 Å². The molecule has 26 heavy (non-hydrogen) atoms. The van der Waals surface area contributed by atoms with Crippen LogP contribution in [0.25, 0.3) is 0 Å². The zero-order chi connectivity index (χ0) is 18.5. The summed E-state index contributed by atoms with van der Waals surface area (Å²) in [5.74, 6) is -0.358. The molecular weight excluding hydrogens is 333 g/mol. The van der Waals surface area contributed by atoms with Gasteiger partial charge in [0, 0.05) is 31.2 Å². The molecule has 7 heteroatoms. The van der Waals surface area contributed by atoms with Gasteiger partial charge >= 0.3 is 0 Å². The molecule has 0 unspecified atom stereocenters. The molecule has 3 aromatic rings. The Balaban J connectivity index is 1.65. The molecule has 6 nitrogen and oxygen atoms in total. The maximum absolute atomic E-state index is 13.2. The van der Waals surface area contributed by atoms with Gasteiger partial charge in [0.25, 0.3) is 5.91 Å². The Morgan fingerprint density at radius 1 is 1.00 bits per heavy atom. The fourth-order valence-corrected chi connectivity index (χ4v) is 2.26. The van der Waals surface area contributed by atoms with Crippen LogP contribution in [0.1, 0.15) is 10.5 Å². The molecule has 0 saturated heterocycles. The number of halogens is 1. The molecule has 0 aliphatic heterocycles. The Bertz CT molecular complexity index is 895. The number of nitrogens with zero attached hydrogens (tertiary/aromatic N) is 3. The predicted octanol–water partition coefficient (Wildman–Crippen LogP) is 3.68. The first kappa shape index (κ1) is 17.3. The van der Waals surface area contributed by atoms with Crippen molar-refractivity contribution in [2.45, 2.75) is 0 Å². The molecular formula is C19H18FN5O. The molecule has 0 spiro atoms. The molecule has 0 aliphatic carbocycles. The first-order valence-corrected chi connectivity index (χ1v) is 7.94. The molecule has 1 heterocycles. The van der Waals surface area contributed by atoms with Gasteiger partial charge in [-0.15, -0.1) is 0 Å². The van der Waals surface area contributed by atoms with Gasteiger partial charge in [-0.05, 0) is 42.5 Å². The van der Waals surface area contributed by atoms with Crippen LogP contribution in [0, 0.1) is 5.82 Å². The monoisotopic (exact) mass is 351 g/mol. The number of carbonyl (C=O) groups excluding carboxylic acids is 1. The molecule has 0 saturated carbocycles. The standard InChI is InChI=1S/C19H18FN5O/c1-25(2)16-8-6-14(7-9-16)23-18-12-21-17(11-22-18)19(26)24-15-5-3-4-13(20)10-15/h3-12H,1-2H3,(H,22,23)(H,24,26). The topological polar surface area (TPSA) is 70.2 Å². The summed E-state index contributed by atoms with van der Waals surface area (Å²) in [6.07, 6.45) is 2.84. The lowest BCUT2D eigenvalue weighted by molar-refractivity contribution is 0.102. The van der Waals surface area contributed by atoms with Crippen LogP contribution in [0.15, 0.2) is 60.9 Å². The second kappa shape index (κ2) is 7.60. The van der Waals surface area contributed by atoms with E-state index in [-0.39, 0.29) is 5.69 Å². The fraction of sp³-hybridized carbons (Fsp3) is 0.105. The number of aromatic nitrogens is 2. The summed E-state index contributed by atoms with van der Waals surface area (Å²) in [5, 5.41) is 5.70. The van der Waals surface area contributed by atoms with E-state index in [1.165, 1.54) is 30.6 Å². The number of hydrogen-bond donors (Lipinski definition) is 2. The normalized spacial score (nSPS) is 10.3. The van der Waals surface area contributed by atoms with Crippen molar-refractivity contribution in [1.29, 1.82) is 0 Å². The number of carbonyl (C=O) groups is 1. The van der Waals surface area contributed by atoms with Crippen molar-refractivity contribution in [3.8, 4) is 0 Å². The molecule has 3 rings (SSSR count). The van der Waals surface area contributed by atoms with Crippen LogP contribution in [0.3, 0.4) is 0 Å². The lowest BCUT2D eigenvalue weighted by atomic mass is 10.2. The van der Waals surface area contributed by atoms with Crippen LogP contribution in [-0.2, 0) is 0 Å². The molecule has 0 bridgehead atoms. The van der Waals surface area contributed by atoms with E-state index < -0.39 is 11.7 Å². The quantitative estimate of drug-likeness (QED) is 0.734. The van der Waals surface area contributed by atoms with Gasteiger partial charge in [0.05, 0.1) is 12.4 Å². The number of hydrogen-bond acceptors (Lipinski definition) is 5. The summed E-state index contributed by atoms with van der Waals surface area (Å²) >= 11 is 0. The van der Waals surface area contributed by atoms with Gasteiger partial charge in [0.1, 0.15) is 17.3 Å². The van der Waals surface area contributed by atoms with E-state index >= 15 is 0 Å². The largest absolute Gasteiger partial charge is 0.378 e. The average Bonchev–Trinajstić information content (AvgIpc) is 2.63. The van der Waals surface area contributed by atoms with Crippen LogP contribution in [0.4, 0.5) is 27.3 Å². The summed E-state index contributed by atoms with van der Waals surface area (Å²) in [7, 11) is 3.95. The molecule has 1 aromatic heterocycles. The summed E-state index contributed by atoms with van der Waals surface area (Å²) in [6.45, 7) is 0. The summed E-state index contributed by atoms with van der Waals surface area (Å²) in [6, 6.07) is 13.5. The Hall–Kier alpha value is -3.48. The minimum absolute atomic E-state index is 0.141. The van der Waals surface area contributed by atoms with Crippen molar-refractivity contribution >= 4 is 28.8 Å². The average molecular weight is 351 g/mol. The van der Waals surface area contributed by atoms with Crippen LogP contribution >= 0.6 is 0 Å². The molecule has 0 aliphatic rings. The van der Waals surface area contributed by atoms with Gasteiger partial charge in [-0.25, -0.2) is 14.4 Å². The smallest absolute Gasteiger partial charge is 0.275 e. The van der Waals surface area contributed by atoms with Gasteiger partial charge in [-0.1, -0.05) is 6.07 Å². The Morgan fingerprint density at radius 3 is 2.38 bits per heavy atom.